The van der Waals surface area contributed by atoms with Gasteiger partial charge in [0.1, 0.15) is 5.15 Å². The number of thiazole rings is 1. The van der Waals surface area contributed by atoms with Gasteiger partial charge in [-0.3, -0.25) is 9.78 Å². The largest absolute Gasteiger partial charge is 0.331 e. The van der Waals surface area contributed by atoms with Gasteiger partial charge in [0.25, 0.3) is 5.91 Å². The molecule has 0 aliphatic heterocycles. The second kappa shape index (κ2) is 8.38. The Morgan fingerprint density at radius 3 is 2.83 bits per heavy atom. The van der Waals surface area contributed by atoms with Gasteiger partial charge >= 0.3 is 0 Å². The number of carbonyl (C=O) groups is 1. The summed E-state index contributed by atoms with van der Waals surface area (Å²) in [6.45, 7) is 1.99. The molecule has 0 fully saturated rings. The third kappa shape index (κ3) is 4.59. The lowest BCUT2D eigenvalue weighted by atomic mass is 10.1. The molecular formula is C21H16ClN5OS. The number of carbonyl (C=O) groups excluding carboxylic acids is 1. The fourth-order valence-corrected chi connectivity index (χ4v) is 3.58. The Morgan fingerprint density at radius 2 is 2.03 bits per heavy atom. The SMILES string of the molecule is Cc1ccc(NC(=O)c2ccnc(Cl)c2)cc1Nc1nc(-c2cccnc2)cs1. The van der Waals surface area contributed by atoms with Crippen LogP contribution in [-0.2, 0) is 0 Å². The third-order valence-electron chi connectivity index (χ3n) is 4.19. The summed E-state index contributed by atoms with van der Waals surface area (Å²) in [7, 11) is 0. The predicted molar refractivity (Wildman–Crippen MR) is 117 cm³/mol. The lowest BCUT2D eigenvalue weighted by molar-refractivity contribution is 0.102. The fraction of sp³-hybridized carbons (Fsp3) is 0.0476. The van der Waals surface area contributed by atoms with Gasteiger partial charge < -0.3 is 10.6 Å². The maximum absolute atomic E-state index is 12.4. The number of aromatic nitrogens is 3. The Morgan fingerprint density at radius 1 is 1.14 bits per heavy atom. The van der Waals surface area contributed by atoms with E-state index in [0.717, 1.165) is 27.6 Å². The van der Waals surface area contributed by atoms with Crippen molar-refractivity contribution in [2.45, 2.75) is 6.92 Å². The Kier molecular flexibility index (Phi) is 5.50. The van der Waals surface area contributed by atoms with Crippen LogP contribution in [0.1, 0.15) is 15.9 Å². The van der Waals surface area contributed by atoms with Crippen LogP contribution >= 0.6 is 22.9 Å². The molecule has 0 spiro atoms. The summed E-state index contributed by atoms with van der Waals surface area (Å²) >= 11 is 7.37. The molecule has 0 saturated heterocycles. The molecule has 1 aromatic carbocycles. The van der Waals surface area contributed by atoms with E-state index in [1.54, 1.807) is 18.5 Å². The van der Waals surface area contributed by atoms with Gasteiger partial charge in [-0.25, -0.2) is 9.97 Å². The quantitative estimate of drug-likeness (QED) is 0.412. The van der Waals surface area contributed by atoms with Gasteiger partial charge in [-0.1, -0.05) is 17.7 Å². The first-order chi connectivity index (χ1) is 14.1. The first kappa shape index (κ1) is 19.0. The lowest BCUT2D eigenvalue weighted by Gasteiger charge is -2.11. The molecule has 0 saturated carbocycles. The topological polar surface area (TPSA) is 79.8 Å². The summed E-state index contributed by atoms with van der Waals surface area (Å²) in [5.41, 5.74) is 4.84. The number of hydrogen-bond donors (Lipinski definition) is 2. The van der Waals surface area contributed by atoms with Crippen LogP contribution < -0.4 is 10.6 Å². The number of nitrogens with zero attached hydrogens (tertiary/aromatic N) is 3. The van der Waals surface area contributed by atoms with Crippen LogP contribution in [0.25, 0.3) is 11.3 Å². The van der Waals surface area contributed by atoms with E-state index in [0.29, 0.717) is 11.3 Å². The van der Waals surface area contributed by atoms with E-state index in [2.05, 4.69) is 25.6 Å². The number of rotatable bonds is 5. The third-order valence-corrected chi connectivity index (χ3v) is 5.15. The van der Waals surface area contributed by atoms with Crippen molar-refractivity contribution < 1.29 is 4.79 Å². The second-order valence-electron chi connectivity index (χ2n) is 6.26. The number of hydrogen-bond acceptors (Lipinski definition) is 6. The van der Waals surface area contributed by atoms with Gasteiger partial charge in [-0.05, 0) is 48.9 Å². The van der Waals surface area contributed by atoms with Crippen molar-refractivity contribution in [2.75, 3.05) is 10.6 Å². The molecular weight excluding hydrogens is 406 g/mol. The molecule has 4 aromatic rings. The Labute approximate surface area is 176 Å². The van der Waals surface area contributed by atoms with Gasteiger partial charge in [0.2, 0.25) is 0 Å². The Balaban J connectivity index is 1.52. The molecule has 4 rings (SSSR count). The highest BCUT2D eigenvalue weighted by molar-refractivity contribution is 7.14. The summed E-state index contributed by atoms with van der Waals surface area (Å²) < 4.78 is 0. The molecule has 0 aliphatic carbocycles. The highest BCUT2D eigenvalue weighted by Gasteiger charge is 2.10. The van der Waals surface area contributed by atoms with Crippen LogP contribution in [0.2, 0.25) is 5.15 Å². The molecule has 0 unspecified atom stereocenters. The average Bonchev–Trinajstić information content (AvgIpc) is 3.20. The highest BCUT2D eigenvalue weighted by atomic mass is 35.5. The van der Waals surface area contributed by atoms with Crippen LogP contribution in [0.15, 0.2) is 66.4 Å². The molecule has 8 heteroatoms. The van der Waals surface area contributed by atoms with Crippen molar-refractivity contribution in [3.05, 3.63) is 82.7 Å². The molecule has 0 atom stereocenters. The number of halogens is 1. The molecule has 0 radical (unpaired) electrons. The number of aryl methyl sites for hydroxylation is 1. The number of anilines is 3. The zero-order valence-electron chi connectivity index (χ0n) is 15.4. The summed E-state index contributed by atoms with van der Waals surface area (Å²) in [5, 5.41) is 9.22. The molecule has 1 amide bonds. The van der Waals surface area contributed by atoms with Crippen LogP contribution in [0, 0.1) is 6.92 Å². The molecule has 29 heavy (non-hydrogen) atoms. The molecule has 144 valence electrons. The van der Waals surface area contributed by atoms with Gasteiger partial charge in [0.15, 0.2) is 5.13 Å². The van der Waals surface area contributed by atoms with Crippen LogP contribution in [0.4, 0.5) is 16.5 Å². The summed E-state index contributed by atoms with van der Waals surface area (Å²) in [6.07, 6.45) is 5.02. The van der Waals surface area contributed by atoms with Crippen LogP contribution in [-0.4, -0.2) is 20.9 Å². The van der Waals surface area contributed by atoms with Crippen molar-refractivity contribution >= 4 is 45.4 Å². The number of amides is 1. The predicted octanol–water partition coefficient (Wildman–Crippen LogP) is 5.56. The van der Waals surface area contributed by atoms with Crippen molar-refractivity contribution in [1.82, 2.24) is 15.0 Å². The average molecular weight is 422 g/mol. The van der Waals surface area contributed by atoms with E-state index >= 15 is 0 Å². The lowest BCUT2D eigenvalue weighted by Crippen LogP contribution is -2.12. The monoisotopic (exact) mass is 421 g/mol. The van der Waals surface area contributed by atoms with E-state index < -0.39 is 0 Å². The number of benzene rings is 1. The first-order valence-corrected chi connectivity index (χ1v) is 10.0. The minimum atomic E-state index is -0.253. The van der Waals surface area contributed by atoms with E-state index in [4.69, 9.17) is 11.6 Å². The minimum Gasteiger partial charge on any atom is -0.331 e. The molecule has 2 N–H and O–H groups in total. The Hall–Kier alpha value is -3.29. The van der Waals surface area contributed by atoms with Crippen molar-refractivity contribution in [3.8, 4) is 11.3 Å². The number of nitrogens with one attached hydrogen (secondary N) is 2. The van der Waals surface area contributed by atoms with Gasteiger partial charge in [0, 0.05) is 46.5 Å². The molecule has 3 heterocycles. The van der Waals surface area contributed by atoms with Gasteiger partial charge in [-0.2, -0.15) is 0 Å². The van der Waals surface area contributed by atoms with E-state index in [-0.39, 0.29) is 11.1 Å². The standard InChI is InChI=1S/C21H16ClN5OS/c1-13-4-5-16(25-20(28)14-6-8-24-19(22)9-14)10-17(13)26-21-27-18(12-29-21)15-3-2-7-23-11-15/h2-12H,1H3,(H,25,28)(H,26,27). The first-order valence-electron chi connectivity index (χ1n) is 8.75. The van der Waals surface area contributed by atoms with Gasteiger partial charge in [0.05, 0.1) is 5.69 Å². The van der Waals surface area contributed by atoms with E-state index in [1.165, 1.54) is 23.6 Å². The van der Waals surface area contributed by atoms with E-state index in [1.807, 2.05) is 42.6 Å². The highest BCUT2D eigenvalue weighted by Crippen LogP contribution is 2.29. The van der Waals surface area contributed by atoms with Crippen molar-refractivity contribution in [2.24, 2.45) is 0 Å². The zero-order chi connectivity index (χ0) is 20.2. The summed E-state index contributed by atoms with van der Waals surface area (Å²) in [6, 6.07) is 12.7. The minimum absolute atomic E-state index is 0.253. The smallest absolute Gasteiger partial charge is 0.255 e. The normalized spacial score (nSPS) is 10.6. The van der Waals surface area contributed by atoms with Crippen molar-refractivity contribution in [1.29, 1.82) is 0 Å². The fourth-order valence-electron chi connectivity index (χ4n) is 2.67. The molecule has 0 bridgehead atoms. The van der Waals surface area contributed by atoms with E-state index in [9.17, 15) is 4.79 Å². The van der Waals surface area contributed by atoms with Crippen LogP contribution in [0.5, 0.6) is 0 Å². The maximum Gasteiger partial charge on any atom is 0.255 e. The molecule has 6 nitrogen and oxygen atoms in total. The summed E-state index contributed by atoms with van der Waals surface area (Å²) in [5.74, 6) is -0.253. The second-order valence-corrected chi connectivity index (χ2v) is 7.50. The van der Waals surface area contributed by atoms with Gasteiger partial charge in [-0.15, -0.1) is 11.3 Å². The molecule has 0 aliphatic rings. The Bertz CT molecular complexity index is 1160. The van der Waals surface area contributed by atoms with Crippen molar-refractivity contribution in [3.63, 3.8) is 0 Å². The molecule has 3 aromatic heterocycles. The summed E-state index contributed by atoms with van der Waals surface area (Å²) in [4.78, 5) is 25.1. The maximum atomic E-state index is 12.4. The zero-order valence-corrected chi connectivity index (χ0v) is 17.0. The van der Waals surface area contributed by atoms with Crippen LogP contribution in [0.3, 0.4) is 0 Å². The number of pyridine rings is 2.